The largest absolute Gasteiger partial charge is 0.378 e. The molecule has 1 amide bonds. The number of carbonyl (C=O) groups excluding carboxylic acids is 1. The van der Waals surface area contributed by atoms with Crippen LogP contribution in [-0.2, 0) is 4.74 Å². The Morgan fingerprint density at radius 1 is 1.14 bits per heavy atom. The maximum Gasteiger partial charge on any atom is 0.270 e. The van der Waals surface area contributed by atoms with Crippen LogP contribution in [0.5, 0.6) is 0 Å². The average molecular weight is 534 g/mol. The quantitative estimate of drug-likeness (QED) is 0.206. The summed E-state index contributed by atoms with van der Waals surface area (Å²) in [5, 5.41) is 18.1. The average Bonchev–Trinajstić information content (AvgIpc) is 3.34. The molecule has 1 aliphatic heterocycles. The number of nitrogens with one attached hydrogen (secondary N) is 2. The number of morpholine rings is 1. The lowest BCUT2D eigenvalue weighted by Crippen LogP contribution is -2.39. The van der Waals surface area contributed by atoms with E-state index >= 15 is 0 Å². The molecule has 4 aromatic rings. The Bertz CT molecular complexity index is 1480. The van der Waals surface area contributed by atoms with Gasteiger partial charge in [-0.2, -0.15) is 0 Å². The zero-order valence-electron chi connectivity index (χ0n) is 19.9. The van der Waals surface area contributed by atoms with Crippen molar-refractivity contribution in [1.29, 1.82) is 0 Å². The van der Waals surface area contributed by atoms with E-state index in [9.17, 15) is 14.9 Å². The van der Waals surface area contributed by atoms with E-state index in [1.54, 1.807) is 17.4 Å². The second-order valence-corrected chi connectivity index (χ2v) is 9.87. The minimum Gasteiger partial charge on any atom is -0.378 e. The van der Waals surface area contributed by atoms with E-state index in [2.05, 4.69) is 10.6 Å². The number of nitro groups is 1. The number of ether oxygens (including phenoxy) is 1. The summed E-state index contributed by atoms with van der Waals surface area (Å²) in [4.78, 5) is 30.8. The Hall–Kier alpha value is -3.93. The summed E-state index contributed by atoms with van der Waals surface area (Å²) in [6, 6.07) is 18.0. The highest BCUT2D eigenvalue weighted by molar-refractivity contribution is 7.80. The Morgan fingerprint density at radius 2 is 1.92 bits per heavy atom. The van der Waals surface area contributed by atoms with Crippen molar-refractivity contribution in [2.24, 2.45) is 0 Å². The van der Waals surface area contributed by atoms with Crippen molar-refractivity contribution in [3.05, 3.63) is 81.9 Å². The lowest BCUT2D eigenvalue weighted by molar-refractivity contribution is -0.384. The van der Waals surface area contributed by atoms with Crippen molar-refractivity contribution in [2.45, 2.75) is 6.92 Å². The van der Waals surface area contributed by atoms with Crippen LogP contribution in [0.25, 0.3) is 20.8 Å². The predicted molar refractivity (Wildman–Crippen MR) is 150 cm³/mol. The van der Waals surface area contributed by atoms with Crippen LogP contribution < -0.4 is 15.5 Å². The molecule has 1 aliphatic rings. The fourth-order valence-corrected chi connectivity index (χ4v) is 5.46. The number of fused-ring (bicyclic) bond motifs is 1. The van der Waals surface area contributed by atoms with E-state index in [1.807, 2.05) is 54.3 Å². The van der Waals surface area contributed by atoms with Crippen molar-refractivity contribution in [2.75, 3.05) is 36.5 Å². The molecule has 0 atom stereocenters. The minimum atomic E-state index is -0.525. The van der Waals surface area contributed by atoms with E-state index < -0.39 is 10.8 Å². The van der Waals surface area contributed by atoms with Gasteiger partial charge in [-0.3, -0.25) is 20.2 Å². The first-order valence-corrected chi connectivity index (χ1v) is 12.8. The number of non-ortho nitro benzene ring substituents is 1. The lowest BCUT2D eigenvalue weighted by Gasteiger charge is -2.30. The summed E-state index contributed by atoms with van der Waals surface area (Å²) < 4.78 is 6.50. The monoisotopic (exact) mass is 533 g/mol. The molecule has 9 nitrogen and oxygen atoms in total. The van der Waals surface area contributed by atoms with E-state index in [1.165, 1.54) is 12.1 Å². The molecule has 0 saturated carbocycles. The minimum absolute atomic E-state index is 0.0917. The Balaban J connectivity index is 1.37. The van der Waals surface area contributed by atoms with Gasteiger partial charge in [0, 0.05) is 36.5 Å². The number of para-hydroxylation sites is 1. The summed E-state index contributed by atoms with van der Waals surface area (Å²) in [7, 11) is 0. The molecule has 0 spiro atoms. The van der Waals surface area contributed by atoms with Gasteiger partial charge in [0.25, 0.3) is 11.6 Å². The second-order valence-electron chi connectivity index (χ2n) is 8.43. The first kappa shape index (κ1) is 24.8. The molecule has 2 N–H and O–H groups in total. The number of amides is 1. The Kier molecular flexibility index (Phi) is 7.08. The van der Waals surface area contributed by atoms with Crippen molar-refractivity contribution in [3.63, 3.8) is 0 Å². The molecule has 1 saturated heterocycles. The van der Waals surface area contributed by atoms with Gasteiger partial charge in [-0.05, 0) is 49.0 Å². The Morgan fingerprint density at radius 3 is 2.68 bits per heavy atom. The highest BCUT2D eigenvalue weighted by Crippen LogP contribution is 2.34. The number of aromatic nitrogens is 1. The molecule has 2 heterocycles. The molecule has 11 heteroatoms. The number of thiazole rings is 1. The van der Waals surface area contributed by atoms with Crippen LogP contribution in [0.3, 0.4) is 0 Å². The van der Waals surface area contributed by atoms with Crippen LogP contribution in [0.1, 0.15) is 15.9 Å². The number of nitro benzene ring substituents is 1. The number of carbonyl (C=O) groups is 1. The molecule has 0 unspecified atom stereocenters. The summed E-state index contributed by atoms with van der Waals surface area (Å²) >= 11 is 7.05. The second kappa shape index (κ2) is 10.6. The fraction of sp³-hybridized carbons (Fsp3) is 0.192. The number of rotatable bonds is 5. The Labute approximate surface area is 222 Å². The fourth-order valence-electron chi connectivity index (χ4n) is 4.21. The third-order valence-corrected chi connectivity index (χ3v) is 7.39. The number of benzene rings is 3. The van der Waals surface area contributed by atoms with Crippen LogP contribution >= 0.6 is 23.6 Å². The lowest BCUT2D eigenvalue weighted by atomic mass is 10.1. The molecular weight excluding hydrogens is 510 g/mol. The molecule has 5 rings (SSSR count). The number of hydrogen-bond donors (Lipinski definition) is 2. The van der Waals surface area contributed by atoms with E-state index in [-0.39, 0.29) is 16.4 Å². The molecule has 3 aromatic carbocycles. The molecular formula is C26H23N5O4S2. The normalized spacial score (nSPS) is 13.4. The van der Waals surface area contributed by atoms with Gasteiger partial charge in [0.05, 0.1) is 39.6 Å². The smallest absolute Gasteiger partial charge is 0.270 e. The van der Waals surface area contributed by atoms with E-state index in [4.69, 9.17) is 21.9 Å². The van der Waals surface area contributed by atoms with Gasteiger partial charge in [0.1, 0.15) is 5.01 Å². The summed E-state index contributed by atoms with van der Waals surface area (Å²) in [5.74, 6) is -0.525. The van der Waals surface area contributed by atoms with E-state index in [0.29, 0.717) is 32.0 Å². The summed E-state index contributed by atoms with van der Waals surface area (Å²) in [6.07, 6.45) is 0. The van der Waals surface area contributed by atoms with Crippen molar-refractivity contribution in [1.82, 2.24) is 10.3 Å². The van der Waals surface area contributed by atoms with Crippen LogP contribution in [0.15, 0.2) is 60.7 Å². The van der Waals surface area contributed by atoms with Gasteiger partial charge in [0.2, 0.25) is 0 Å². The van der Waals surface area contributed by atoms with Gasteiger partial charge >= 0.3 is 0 Å². The first-order chi connectivity index (χ1) is 17.9. The number of thiocarbonyl (C=S) groups is 1. The van der Waals surface area contributed by atoms with Gasteiger partial charge in [-0.15, -0.1) is 11.3 Å². The van der Waals surface area contributed by atoms with Crippen molar-refractivity contribution in [3.8, 4) is 10.6 Å². The molecule has 0 bridgehead atoms. The molecule has 0 radical (unpaired) electrons. The molecule has 37 heavy (non-hydrogen) atoms. The van der Waals surface area contributed by atoms with Gasteiger partial charge in [0.15, 0.2) is 5.11 Å². The standard InChI is InChI=1S/C26H23N5O4S2/c1-16-18(25-27-21-6-2-3-8-23(21)37-25)5-4-7-20(16)28-26(36)29-24(32)19-15-17(31(33)34)9-10-22(19)30-11-13-35-14-12-30/h2-10,15H,11-14H2,1H3,(H2,28,29,32,36). The van der Waals surface area contributed by atoms with Crippen LogP contribution in [0, 0.1) is 17.0 Å². The van der Waals surface area contributed by atoms with Crippen LogP contribution in [0.4, 0.5) is 17.1 Å². The van der Waals surface area contributed by atoms with E-state index in [0.717, 1.165) is 32.0 Å². The molecule has 1 fully saturated rings. The van der Waals surface area contributed by atoms with Crippen LogP contribution in [-0.4, -0.2) is 47.2 Å². The molecule has 188 valence electrons. The third-order valence-electron chi connectivity index (χ3n) is 6.12. The SMILES string of the molecule is Cc1c(NC(=S)NC(=O)c2cc([N+](=O)[O-])ccc2N2CCOCC2)cccc1-c1nc2ccccc2s1. The van der Waals surface area contributed by atoms with Gasteiger partial charge < -0.3 is 15.0 Å². The number of anilines is 2. The number of hydrogen-bond acceptors (Lipinski definition) is 8. The highest BCUT2D eigenvalue weighted by atomic mass is 32.1. The third kappa shape index (κ3) is 5.29. The van der Waals surface area contributed by atoms with Crippen LogP contribution in [0.2, 0.25) is 0 Å². The van der Waals surface area contributed by atoms with Gasteiger partial charge in [-0.1, -0.05) is 24.3 Å². The predicted octanol–water partition coefficient (Wildman–Crippen LogP) is 5.14. The van der Waals surface area contributed by atoms with Crippen molar-refractivity contribution < 1.29 is 14.5 Å². The topological polar surface area (TPSA) is 110 Å². The highest BCUT2D eigenvalue weighted by Gasteiger charge is 2.23. The molecule has 1 aromatic heterocycles. The van der Waals surface area contributed by atoms with Crippen molar-refractivity contribution >= 4 is 61.9 Å². The maximum atomic E-state index is 13.2. The summed E-state index contributed by atoms with van der Waals surface area (Å²) in [6.45, 7) is 4.16. The number of nitrogens with zero attached hydrogens (tertiary/aromatic N) is 3. The molecule has 0 aliphatic carbocycles. The summed E-state index contributed by atoms with van der Waals surface area (Å²) in [5.41, 5.74) is 4.19. The first-order valence-electron chi connectivity index (χ1n) is 11.6. The maximum absolute atomic E-state index is 13.2. The zero-order chi connectivity index (χ0) is 25.9. The zero-order valence-corrected chi connectivity index (χ0v) is 21.5. The van der Waals surface area contributed by atoms with Gasteiger partial charge in [-0.25, -0.2) is 4.98 Å².